The summed E-state index contributed by atoms with van der Waals surface area (Å²) >= 11 is 0. The van der Waals surface area contributed by atoms with Gasteiger partial charge in [-0.2, -0.15) is 5.26 Å². The topological polar surface area (TPSA) is 111 Å². The average Bonchev–Trinajstić information content (AvgIpc) is 3.83. The zero-order valence-corrected chi connectivity index (χ0v) is 21.4. The number of nitrogens with zero attached hydrogens (tertiary/aromatic N) is 4. The van der Waals surface area contributed by atoms with Gasteiger partial charge in [0.25, 0.3) is 5.91 Å². The van der Waals surface area contributed by atoms with Crippen LogP contribution in [0.5, 0.6) is 0 Å². The Balaban J connectivity index is 1.05. The third-order valence-electron chi connectivity index (χ3n) is 8.27. The number of benzene rings is 2. The van der Waals surface area contributed by atoms with Crippen molar-refractivity contribution in [3.63, 3.8) is 0 Å². The number of rotatable bonds is 10. The largest absolute Gasteiger partial charge is 0.340 e. The van der Waals surface area contributed by atoms with Crippen LogP contribution in [0.25, 0.3) is 11.4 Å². The molecule has 2 aromatic carbocycles. The quantitative estimate of drug-likeness (QED) is 0.395. The van der Waals surface area contributed by atoms with E-state index in [9.17, 15) is 14.0 Å². The Labute approximate surface area is 226 Å². The van der Waals surface area contributed by atoms with Crippen molar-refractivity contribution < 1.29 is 14.0 Å². The van der Waals surface area contributed by atoms with Gasteiger partial charge >= 0.3 is 0 Å². The van der Waals surface area contributed by atoms with Crippen molar-refractivity contribution in [2.75, 3.05) is 19.6 Å². The van der Waals surface area contributed by atoms with Gasteiger partial charge < -0.3 is 15.5 Å². The second-order valence-electron chi connectivity index (χ2n) is 10.7. The fraction of sp³-hybridized carbons (Fsp3) is 0.367. The SMILES string of the molecule is N#CC1CN(C(=O)[C@H](CCCN[C@@H]2C3C[C@@]32c2ccc(F)cc2)NC(=O)c2ccc(-c3ncccn3)cc2)C1. The molecule has 0 bridgehead atoms. The monoisotopic (exact) mass is 524 g/mol. The molecule has 2 saturated carbocycles. The lowest BCUT2D eigenvalue weighted by Gasteiger charge is -2.37. The third kappa shape index (κ3) is 4.88. The number of hydrogen-bond acceptors (Lipinski definition) is 6. The molecule has 1 aliphatic heterocycles. The van der Waals surface area contributed by atoms with Crippen LogP contribution in [0.1, 0.15) is 35.2 Å². The highest BCUT2D eigenvalue weighted by Crippen LogP contribution is 2.75. The fourth-order valence-electron chi connectivity index (χ4n) is 5.75. The predicted molar refractivity (Wildman–Crippen MR) is 142 cm³/mol. The second-order valence-corrected chi connectivity index (χ2v) is 10.7. The average molecular weight is 525 g/mol. The van der Waals surface area contributed by atoms with Gasteiger partial charge in [-0.05, 0) is 67.6 Å². The van der Waals surface area contributed by atoms with Crippen LogP contribution in [-0.4, -0.2) is 58.4 Å². The number of nitriles is 1. The van der Waals surface area contributed by atoms with Crippen LogP contribution in [0.2, 0.25) is 0 Å². The maximum atomic E-state index is 13.3. The van der Waals surface area contributed by atoms with Gasteiger partial charge in [0.1, 0.15) is 11.9 Å². The van der Waals surface area contributed by atoms with Crippen LogP contribution < -0.4 is 10.6 Å². The molecular weight excluding hydrogens is 495 g/mol. The van der Waals surface area contributed by atoms with Gasteiger partial charge in [0.15, 0.2) is 5.82 Å². The summed E-state index contributed by atoms with van der Waals surface area (Å²) in [5.74, 6) is 0.320. The van der Waals surface area contributed by atoms with E-state index >= 15 is 0 Å². The molecule has 3 fully saturated rings. The van der Waals surface area contributed by atoms with Gasteiger partial charge in [-0.1, -0.05) is 24.3 Å². The molecule has 2 aliphatic carbocycles. The zero-order valence-electron chi connectivity index (χ0n) is 21.4. The van der Waals surface area contributed by atoms with Crippen LogP contribution in [0.3, 0.4) is 0 Å². The van der Waals surface area contributed by atoms with Crippen molar-refractivity contribution in [3.8, 4) is 17.5 Å². The minimum absolute atomic E-state index is 0.137. The highest BCUT2D eigenvalue weighted by atomic mass is 19.1. The van der Waals surface area contributed by atoms with E-state index in [1.807, 2.05) is 12.1 Å². The van der Waals surface area contributed by atoms with Gasteiger partial charge in [0, 0.05) is 48.1 Å². The van der Waals surface area contributed by atoms with Crippen LogP contribution in [0.4, 0.5) is 4.39 Å². The molecule has 1 saturated heterocycles. The first-order chi connectivity index (χ1) is 19.0. The summed E-state index contributed by atoms with van der Waals surface area (Å²) in [6.45, 7) is 1.52. The molecule has 2 amide bonds. The second kappa shape index (κ2) is 10.2. The van der Waals surface area contributed by atoms with E-state index in [4.69, 9.17) is 5.26 Å². The van der Waals surface area contributed by atoms with Crippen molar-refractivity contribution in [1.29, 1.82) is 5.26 Å². The maximum Gasteiger partial charge on any atom is 0.251 e. The summed E-state index contributed by atoms with van der Waals surface area (Å²) in [5, 5.41) is 15.6. The van der Waals surface area contributed by atoms with Gasteiger partial charge in [0.2, 0.25) is 5.91 Å². The molecule has 1 unspecified atom stereocenters. The smallest absolute Gasteiger partial charge is 0.251 e. The van der Waals surface area contributed by atoms with Gasteiger partial charge in [-0.3, -0.25) is 9.59 Å². The Hall–Kier alpha value is -4.16. The molecule has 3 aliphatic rings. The maximum absolute atomic E-state index is 13.3. The van der Waals surface area contributed by atoms with E-state index < -0.39 is 6.04 Å². The number of hydrogen-bond donors (Lipinski definition) is 2. The van der Waals surface area contributed by atoms with Crippen molar-refractivity contribution in [2.45, 2.75) is 36.8 Å². The van der Waals surface area contributed by atoms with E-state index in [1.54, 1.807) is 47.6 Å². The summed E-state index contributed by atoms with van der Waals surface area (Å²) in [7, 11) is 0. The number of fused-ring (bicyclic) bond motifs is 1. The van der Waals surface area contributed by atoms with Crippen LogP contribution in [-0.2, 0) is 10.2 Å². The van der Waals surface area contributed by atoms with Crippen LogP contribution in [0.15, 0.2) is 67.0 Å². The van der Waals surface area contributed by atoms with E-state index in [0.717, 1.165) is 18.5 Å². The number of likely N-dealkylation sites (tertiary alicyclic amines) is 1. The number of aromatic nitrogens is 2. The number of halogens is 1. The van der Waals surface area contributed by atoms with Gasteiger partial charge in [0.05, 0.1) is 12.0 Å². The number of amides is 2. The minimum atomic E-state index is -0.670. The fourth-order valence-corrected chi connectivity index (χ4v) is 5.75. The van der Waals surface area contributed by atoms with Crippen LogP contribution >= 0.6 is 0 Å². The highest BCUT2D eigenvalue weighted by Gasteiger charge is 2.79. The Kier molecular flexibility index (Phi) is 6.57. The molecule has 6 rings (SSSR count). The van der Waals surface area contributed by atoms with Crippen molar-refractivity contribution in [1.82, 2.24) is 25.5 Å². The highest BCUT2D eigenvalue weighted by molar-refractivity contribution is 5.98. The van der Waals surface area contributed by atoms with E-state index in [2.05, 4.69) is 26.7 Å². The van der Waals surface area contributed by atoms with Crippen molar-refractivity contribution in [3.05, 3.63) is 83.9 Å². The summed E-state index contributed by atoms with van der Waals surface area (Å²) in [6.07, 6.45) is 5.64. The first-order valence-corrected chi connectivity index (χ1v) is 13.4. The molecular formula is C30H29FN6O2. The minimum Gasteiger partial charge on any atom is -0.340 e. The molecule has 2 heterocycles. The first-order valence-electron chi connectivity index (χ1n) is 13.4. The number of carbonyl (C=O) groups is 2. The normalized spacial score (nSPS) is 23.6. The van der Waals surface area contributed by atoms with E-state index in [1.165, 1.54) is 17.7 Å². The lowest BCUT2D eigenvalue weighted by atomic mass is 9.99. The zero-order chi connectivity index (χ0) is 27.0. The van der Waals surface area contributed by atoms with E-state index in [0.29, 0.717) is 49.3 Å². The lowest BCUT2D eigenvalue weighted by Crippen LogP contribution is -2.56. The Morgan fingerprint density at radius 1 is 1.10 bits per heavy atom. The molecule has 8 nitrogen and oxygen atoms in total. The molecule has 9 heteroatoms. The molecule has 1 aromatic heterocycles. The number of nitrogens with one attached hydrogen (secondary N) is 2. The first kappa shape index (κ1) is 25.1. The molecule has 2 N–H and O–H groups in total. The van der Waals surface area contributed by atoms with Crippen molar-refractivity contribution >= 4 is 11.8 Å². The predicted octanol–water partition coefficient (Wildman–Crippen LogP) is 3.07. The van der Waals surface area contributed by atoms with Crippen molar-refractivity contribution in [2.24, 2.45) is 11.8 Å². The molecule has 3 aromatic rings. The van der Waals surface area contributed by atoms with Crippen LogP contribution in [0, 0.1) is 29.0 Å². The Bertz CT molecular complexity index is 1400. The van der Waals surface area contributed by atoms with Gasteiger partial charge in [-0.15, -0.1) is 0 Å². The molecule has 0 spiro atoms. The Morgan fingerprint density at radius 2 is 1.82 bits per heavy atom. The van der Waals surface area contributed by atoms with E-state index in [-0.39, 0.29) is 29.0 Å². The molecule has 198 valence electrons. The molecule has 39 heavy (non-hydrogen) atoms. The summed E-state index contributed by atoms with van der Waals surface area (Å²) < 4.78 is 13.3. The lowest BCUT2D eigenvalue weighted by molar-refractivity contribution is -0.138. The molecule has 4 atom stereocenters. The summed E-state index contributed by atoms with van der Waals surface area (Å²) in [5.41, 5.74) is 2.56. The Morgan fingerprint density at radius 3 is 2.49 bits per heavy atom. The number of carbonyl (C=O) groups excluding carboxylic acids is 2. The summed E-state index contributed by atoms with van der Waals surface area (Å²) in [6, 6.07) is 17.4. The standard InChI is InChI=1S/C30H29FN6O2/c31-23-10-8-22(9-11-23)30-15-24(30)26(30)33-12-1-3-25(29(39)37-17-19(16-32)18-37)36-28(38)21-6-4-20(5-7-21)27-34-13-2-14-35-27/h2,4-11,13-14,19,24-26,33H,1,3,12,15,17-18H2,(H,36,38)/t24?,25-,26+,30+/m0/s1. The van der Waals surface area contributed by atoms with Gasteiger partial charge in [-0.25, -0.2) is 14.4 Å². The molecule has 0 radical (unpaired) electrons. The third-order valence-corrected chi connectivity index (χ3v) is 8.27. The summed E-state index contributed by atoms with van der Waals surface area (Å²) in [4.78, 5) is 36.4.